The number of hydrogen-bond donors (Lipinski definition) is 4. The number of β-amino-alcohol motifs (C(OH)–C–C–N with tert-alkyl or cyclic N) is 1. The summed E-state index contributed by atoms with van der Waals surface area (Å²) in [6.45, 7) is 9.00. The molecule has 0 aliphatic carbocycles. The van der Waals surface area contributed by atoms with Gasteiger partial charge in [-0.3, -0.25) is 18.2 Å². The van der Waals surface area contributed by atoms with Crippen molar-refractivity contribution in [3.63, 3.8) is 0 Å². The lowest BCUT2D eigenvalue weighted by Gasteiger charge is -2.37. The van der Waals surface area contributed by atoms with E-state index in [0.29, 0.717) is 60.9 Å². The van der Waals surface area contributed by atoms with Crippen molar-refractivity contribution in [2.45, 2.75) is 77.0 Å². The van der Waals surface area contributed by atoms with Crippen LogP contribution in [0.2, 0.25) is 0 Å². The van der Waals surface area contributed by atoms with E-state index in [9.17, 15) is 23.3 Å². The maximum atomic E-state index is 14.0. The Morgan fingerprint density at radius 3 is 2.44 bits per heavy atom. The van der Waals surface area contributed by atoms with Crippen LogP contribution in [0, 0.1) is 0 Å². The Labute approximate surface area is 373 Å². The van der Waals surface area contributed by atoms with Crippen molar-refractivity contribution in [1.82, 2.24) is 20.4 Å². The van der Waals surface area contributed by atoms with Crippen molar-refractivity contribution in [3.05, 3.63) is 132 Å². The van der Waals surface area contributed by atoms with Crippen molar-refractivity contribution in [1.29, 1.82) is 0 Å². The molecule has 0 spiro atoms. The molecular formula is C49H56BF2N5O5S. The molecule has 10 nitrogen and oxygen atoms in total. The van der Waals surface area contributed by atoms with Gasteiger partial charge in [-0.1, -0.05) is 67.1 Å². The minimum Gasteiger partial charge on any atom is -0.490 e. The Morgan fingerprint density at radius 1 is 0.873 bits per heavy atom. The van der Waals surface area contributed by atoms with Gasteiger partial charge in [0.1, 0.15) is 24.2 Å². The number of aliphatic imine (C=N–C) groups is 1. The van der Waals surface area contributed by atoms with Gasteiger partial charge in [-0.15, -0.1) is 11.3 Å². The molecule has 0 bridgehead atoms. The number of hydrogen-bond acceptors (Lipinski definition) is 8. The van der Waals surface area contributed by atoms with Gasteiger partial charge in [-0.05, 0) is 124 Å². The highest BCUT2D eigenvalue weighted by Gasteiger charge is 2.30. The summed E-state index contributed by atoms with van der Waals surface area (Å²) < 4.78 is 40.6. The molecule has 5 aromatic rings. The Hall–Kier alpha value is -5.83. The van der Waals surface area contributed by atoms with Crippen LogP contribution >= 0.6 is 11.3 Å². The third-order valence-electron chi connectivity index (χ3n) is 10.4. The first-order chi connectivity index (χ1) is 30.2. The average Bonchev–Trinajstić information content (AvgIpc) is 4.04. The number of fused-ring (bicyclic) bond motifs is 1. The maximum absolute atomic E-state index is 14.0. The SMILES string of the molecule is CC(C)(CC(C)(C)NC(=O)CCCCCNC(=O)COc1ccc(/C=C/C2=NC(=C\c3ccc(-c4cccs4)n3B(F)F)/C=C2)cc1)NC[C@H](O)COc1cccc2ccccc12. The van der Waals surface area contributed by atoms with Crippen molar-refractivity contribution in [2.24, 2.45) is 4.99 Å². The van der Waals surface area contributed by atoms with Crippen LogP contribution in [0.25, 0.3) is 33.5 Å². The number of aliphatic hydroxyl groups excluding tert-OH is 1. The first kappa shape index (κ1) is 46.7. The number of nitrogens with zero attached hydrogens (tertiary/aromatic N) is 2. The second-order valence-electron chi connectivity index (χ2n) is 16.9. The molecular weight excluding hydrogens is 819 g/mol. The summed E-state index contributed by atoms with van der Waals surface area (Å²) in [6.07, 6.45) is 11.6. The minimum atomic E-state index is -2.68. The molecule has 3 aromatic carbocycles. The van der Waals surface area contributed by atoms with Crippen molar-refractivity contribution in [3.8, 4) is 22.1 Å². The number of amides is 2. The molecule has 0 unspecified atom stereocenters. The van der Waals surface area contributed by atoms with Crippen LogP contribution in [0.15, 0.2) is 125 Å². The Bertz CT molecular complexity index is 2420. The summed E-state index contributed by atoms with van der Waals surface area (Å²) >= 11 is 1.41. The van der Waals surface area contributed by atoms with Gasteiger partial charge in [0.2, 0.25) is 5.91 Å². The molecule has 0 radical (unpaired) electrons. The number of aliphatic hydroxyl groups is 1. The van der Waals surface area contributed by atoms with E-state index in [0.717, 1.165) is 44.3 Å². The number of rotatable bonds is 23. The summed E-state index contributed by atoms with van der Waals surface area (Å²) in [5, 5.41) is 24.1. The fourth-order valence-corrected chi connectivity index (χ4v) is 8.38. The van der Waals surface area contributed by atoms with Crippen LogP contribution in [0.4, 0.5) is 8.63 Å². The molecule has 0 saturated heterocycles. The average molecular weight is 876 g/mol. The quantitative estimate of drug-likeness (QED) is 0.0383. The lowest BCUT2D eigenvalue weighted by Crippen LogP contribution is -2.53. The predicted octanol–water partition coefficient (Wildman–Crippen LogP) is 9.36. The maximum Gasteiger partial charge on any atom is 0.678 e. The van der Waals surface area contributed by atoms with Gasteiger partial charge in [0.25, 0.3) is 5.91 Å². The molecule has 3 heterocycles. The van der Waals surface area contributed by atoms with Crippen LogP contribution in [-0.2, 0) is 9.59 Å². The van der Waals surface area contributed by atoms with E-state index in [1.165, 1.54) is 11.3 Å². The summed E-state index contributed by atoms with van der Waals surface area (Å²) in [7, 11) is -2.68. The van der Waals surface area contributed by atoms with E-state index >= 15 is 0 Å². The van der Waals surface area contributed by atoms with Gasteiger partial charge >= 0.3 is 7.40 Å². The van der Waals surface area contributed by atoms with Gasteiger partial charge < -0.3 is 35.0 Å². The topological polar surface area (TPSA) is 126 Å². The zero-order valence-corrected chi connectivity index (χ0v) is 37.1. The zero-order valence-electron chi connectivity index (χ0n) is 36.3. The lowest BCUT2D eigenvalue weighted by molar-refractivity contribution is -0.124. The normalized spacial score (nSPS) is 14.0. The van der Waals surface area contributed by atoms with Gasteiger partial charge in [0.05, 0.1) is 17.1 Å². The molecule has 1 atom stereocenters. The monoisotopic (exact) mass is 875 g/mol. The van der Waals surface area contributed by atoms with Crippen molar-refractivity contribution in [2.75, 3.05) is 26.3 Å². The van der Waals surface area contributed by atoms with E-state index < -0.39 is 19.0 Å². The summed E-state index contributed by atoms with van der Waals surface area (Å²) in [4.78, 5) is 30.6. The highest BCUT2D eigenvalue weighted by atomic mass is 32.1. The second-order valence-corrected chi connectivity index (χ2v) is 17.8. The number of halogens is 2. The lowest BCUT2D eigenvalue weighted by atomic mass is 9.86. The smallest absolute Gasteiger partial charge is 0.490 e. The number of ether oxygens (including phenoxy) is 2. The van der Waals surface area contributed by atoms with E-state index in [-0.39, 0.29) is 30.6 Å². The highest BCUT2D eigenvalue weighted by Crippen LogP contribution is 2.30. The fraction of sp³-hybridized carbons (Fsp3) is 0.327. The third kappa shape index (κ3) is 14.4. The number of aromatic nitrogens is 1. The summed E-state index contributed by atoms with van der Waals surface area (Å²) in [6, 6.07) is 28.2. The van der Waals surface area contributed by atoms with Crippen LogP contribution in [0.1, 0.15) is 71.1 Å². The first-order valence-corrected chi connectivity index (χ1v) is 22.2. The van der Waals surface area contributed by atoms with E-state index in [2.05, 4.69) is 34.8 Å². The number of thiophene rings is 1. The fourth-order valence-electron chi connectivity index (χ4n) is 7.63. The van der Waals surface area contributed by atoms with E-state index in [1.807, 2.05) is 104 Å². The molecule has 0 saturated carbocycles. The molecule has 63 heavy (non-hydrogen) atoms. The standard InChI is InChI=1S/C49H56BF2N5O5S/c1-48(2,54-31-40(58)32-62-44-15-10-13-36-12-7-8-14-42(36)44)34-49(3,4)56-46(59)17-6-5-9-28-53-47(60)33-61-41-25-19-35(20-26-41)18-21-37-22-23-38(55-37)30-39-24-27-43(57(39)50(51)52)45-16-11-29-63-45/h7-8,10-16,18-27,29-30,40,54,58H,5-6,9,17,28,31-34H2,1-4H3,(H,53,60)(H,56,59)/b21-18+,38-30-/t40-/m0/s1. The third-order valence-corrected chi connectivity index (χ3v) is 11.2. The zero-order chi connectivity index (χ0) is 44.8. The highest BCUT2D eigenvalue weighted by molar-refractivity contribution is 7.13. The van der Waals surface area contributed by atoms with Gasteiger partial charge in [-0.2, -0.15) is 0 Å². The Morgan fingerprint density at radius 2 is 1.67 bits per heavy atom. The predicted molar refractivity (Wildman–Crippen MR) is 252 cm³/mol. The molecule has 14 heteroatoms. The number of nitrogens with one attached hydrogen (secondary N) is 3. The first-order valence-electron chi connectivity index (χ1n) is 21.3. The van der Waals surface area contributed by atoms with Gasteiger partial charge in [-0.25, -0.2) is 4.99 Å². The van der Waals surface area contributed by atoms with Crippen LogP contribution in [-0.4, -0.2) is 78.0 Å². The van der Waals surface area contributed by atoms with Crippen LogP contribution < -0.4 is 25.4 Å². The van der Waals surface area contributed by atoms with Gasteiger partial charge in [0.15, 0.2) is 6.61 Å². The molecule has 1 aliphatic rings. The summed E-state index contributed by atoms with van der Waals surface area (Å²) in [5.74, 6) is 1.06. The number of carbonyl (C=O) groups is 2. The van der Waals surface area contributed by atoms with E-state index in [4.69, 9.17) is 9.47 Å². The Balaban J connectivity index is 0.822. The van der Waals surface area contributed by atoms with Crippen LogP contribution in [0.5, 0.6) is 11.5 Å². The van der Waals surface area contributed by atoms with Crippen LogP contribution in [0.3, 0.4) is 0 Å². The van der Waals surface area contributed by atoms with E-state index in [1.54, 1.807) is 36.4 Å². The van der Waals surface area contributed by atoms with Crippen molar-refractivity contribution < 1.29 is 32.8 Å². The molecule has 1 aliphatic heterocycles. The largest absolute Gasteiger partial charge is 0.678 e. The molecule has 4 N–H and O–H groups in total. The molecule has 2 aromatic heterocycles. The number of allylic oxidation sites excluding steroid dienone is 3. The molecule has 330 valence electrons. The Kier molecular flexibility index (Phi) is 16.3. The number of unbranched alkanes of at least 4 members (excludes halogenated alkanes) is 2. The summed E-state index contributed by atoms with van der Waals surface area (Å²) in [5.41, 5.74) is 2.19. The van der Waals surface area contributed by atoms with Gasteiger partial charge in [0, 0.05) is 46.5 Å². The minimum absolute atomic E-state index is 0.0196. The second kappa shape index (κ2) is 22.0. The molecule has 0 fully saturated rings. The molecule has 2 amide bonds. The number of benzene rings is 3. The van der Waals surface area contributed by atoms with Crippen molar-refractivity contribution >= 4 is 59.2 Å². The molecule has 6 rings (SSSR count). The number of carbonyl (C=O) groups excluding carboxylic acids is 2.